The summed E-state index contributed by atoms with van der Waals surface area (Å²) in [6.07, 6.45) is 0.947. The van der Waals surface area contributed by atoms with Crippen LogP contribution in [0.2, 0.25) is 0 Å². The molecule has 1 aliphatic heterocycles. The van der Waals surface area contributed by atoms with Crippen LogP contribution < -0.4 is 4.74 Å². The van der Waals surface area contributed by atoms with Crippen LogP contribution in [-0.2, 0) is 11.2 Å². The summed E-state index contributed by atoms with van der Waals surface area (Å²) in [5.41, 5.74) is 1.18. The summed E-state index contributed by atoms with van der Waals surface area (Å²) in [6.45, 7) is 3.36. The number of rotatable bonds is 7. The van der Waals surface area contributed by atoms with Crippen molar-refractivity contribution in [3.8, 4) is 5.75 Å². The fraction of sp³-hybridized carbons (Fsp3) is 0.600. The van der Waals surface area contributed by atoms with Gasteiger partial charge < -0.3 is 19.5 Å². The minimum atomic E-state index is -0.0461. The lowest BCUT2D eigenvalue weighted by Crippen LogP contribution is -2.52. The van der Waals surface area contributed by atoms with Gasteiger partial charge in [-0.3, -0.25) is 0 Å². The summed E-state index contributed by atoms with van der Waals surface area (Å²) < 4.78 is 10.6. The third kappa shape index (κ3) is 3.47. The van der Waals surface area contributed by atoms with Crippen LogP contribution in [0.1, 0.15) is 5.56 Å². The zero-order chi connectivity index (χ0) is 13.7. The highest BCUT2D eigenvalue weighted by Gasteiger charge is 2.38. The minimum absolute atomic E-state index is 0.0461. The second-order valence-corrected chi connectivity index (χ2v) is 5.45. The second-order valence-electron chi connectivity index (χ2n) is 5.45. The Morgan fingerprint density at radius 3 is 2.68 bits per heavy atom. The highest BCUT2D eigenvalue weighted by Crippen LogP contribution is 2.27. The minimum Gasteiger partial charge on any atom is -0.496 e. The Labute approximate surface area is 114 Å². The van der Waals surface area contributed by atoms with Crippen molar-refractivity contribution < 1.29 is 14.6 Å². The van der Waals surface area contributed by atoms with E-state index in [1.54, 1.807) is 7.11 Å². The van der Waals surface area contributed by atoms with Crippen molar-refractivity contribution in [1.29, 1.82) is 0 Å². The van der Waals surface area contributed by atoms with E-state index in [1.807, 2.05) is 18.2 Å². The van der Waals surface area contributed by atoms with Crippen LogP contribution in [0.4, 0.5) is 0 Å². The Bertz CT molecular complexity index is 399. The lowest BCUT2D eigenvalue weighted by atomic mass is 9.86. The summed E-state index contributed by atoms with van der Waals surface area (Å²) in [5, 5.41) is 9.43. The topological polar surface area (TPSA) is 41.9 Å². The smallest absolute Gasteiger partial charge is 0.122 e. The Morgan fingerprint density at radius 1 is 1.37 bits per heavy atom. The number of nitrogens with zero attached hydrogens (tertiary/aromatic N) is 1. The Morgan fingerprint density at radius 2 is 2.11 bits per heavy atom. The van der Waals surface area contributed by atoms with Gasteiger partial charge in [-0.1, -0.05) is 18.2 Å². The fourth-order valence-electron chi connectivity index (χ4n) is 2.50. The summed E-state index contributed by atoms with van der Waals surface area (Å²) in [4.78, 5) is 2.26. The highest BCUT2D eigenvalue weighted by atomic mass is 16.5. The van der Waals surface area contributed by atoms with Crippen molar-refractivity contribution in [2.24, 2.45) is 5.41 Å². The molecule has 1 heterocycles. The zero-order valence-electron chi connectivity index (χ0n) is 11.8. The molecule has 1 fully saturated rings. The van der Waals surface area contributed by atoms with Gasteiger partial charge in [0.2, 0.25) is 0 Å². The van der Waals surface area contributed by atoms with Crippen LogP contribution >= 0.6 is 0 Å². The zero-order valence-corrected chi connectivity index (χ0v) is 11.8. The van der Waals surface area contributed by atoms with E-state index < -0.39 is 0 Å². The molecule has 1 aromatic rings. The number of hydrogen-bond acceptors (Lipinski definition) is 4. The second kappa shape index (κ2) is 6.37. The van der Waals surface area contributed by atoms with Gasteiger partial charge in [-0.15, -0.1) is 0 Å². The SMILES string of the molecule is COc1ccccc1CCN(C)CC1(CO)COC1. The third-order valence-electron chi connectivity index (χ3n) is 3.71. The number of aliphatic hydroxyl groups is 1. The largest absolute Gasteiger partial charge is 0.496 e. The van der Waals surface area contributed by atoms with Gasteiger partial charge in [0.25, 0.3) is 0 Å². The number of ether oxygens (including phenoxy) is 2. The predicted octanol–water partition coefficient (Wildman–Crippen LogP) is 1.18. The first-order valence-corrected chi connectivity index (χ1v) is 6.68. The van der Waals surface area contributed by atoms with Gasteiger partial charge in [-0.25, -0.2) is 0 Å². The van der Waals surface area contributed by atoms with E-state index in [2.05, 4.69) is 18.0 Å². The molecule has 1 saturated heterocycles. The Kier molecular flexibility index (Phi) is 4.80. The molecule has 1 aromatic carbocycles. The fourth-order valence-corrected chi connectivity index (χ4v) is 2.50. The summed E-state index contributed by atoms with van der Waals surface area (Å²) in [5.74, 6) is 0.944. The molecule has 0 bridgehead atoms. The molecular formula is C15H23NO3. The lowest BCUT2D eigenvalue weighted by Gasteiger charge is -2.42. The van der Waals surface area contributed by atoms with Crippen LogP contribution in [0.3, 0.4) is 0 Å². The molecule has 0 spiro atoms. The van der Waals surface area contributed by atoms with Gasteiger partial charge in [0, 0.05) is 13.1 Å². The summed E-state index contributed by atoms with van der Waals surface area (Å²) >= 11 is 0. The molecule has 0 atom stereocenters. The molecule has 0 unspecified atom stereocenters. The van der Waals surface area contributed by atoms with E-state index in [0.29, 0.717) is 13.2 Å². The quantitative estimate of drug-likeness (QED) is 0.804. The van der Waals surface area contributed by atoms with Crippen molar-refractivity contribution in [2.75, 3.05) is 47.1 Å². The molecular weight excluding hydrogens is 242 g/mol. The van der Waals surface area contributed by atoms with E-state index >= 15 is 0 Å². The van der Waals surface area contributed by atoms with Crippen molar-refractivity contribution in [3.63, 3.8) is 0 Å². The van der Waals surface area contributed by atoms with Gasteiger partial charge in [-0.05, 0) is 25.1 Å². The highest BCUT2D eigenvalue weighted by molar-refractivity contribution is 5.33. The van der Waals surface area contributed by atoms with Gasteiger partial charge in [0.15, 0.2) is 0 Å². The average molecular weight is 265 g/mol. The van der Waals surface area contributed by atoms with Crippen molar-refractivity contribution in [1.82, 2.24) is 4.90 Å². The molecule has 2 rings (SSSR count). The van der Waals surface area contributed by atoms with E-state index in [1.165, 1.54) is 5.56 Å². The van der Waals surface area contributed by atoms with Crippen LogP contribution in [0.15, 0.2) is 24.3 Å². The normalized spacial score (nSPS) is 17.3. The summed E-state index contributed by atoms with van der Waals surface area (Å²) in [6, 6.07) is 8.11. The van der Waals surface area contributed by atoms with Crippen LogP contribution in [0.5, 0.6) is 5.75 Å². The number of aliphatic hydroxyl groups excluding tert-OH is 1. The maximum Gasteiger partial charge on any atom is 0.122 e. The van der Waals surface area contributed by atoms with Crippen molar-refractivity contribution in [2.45, 2.75) is 6.42 Å². The Balaban J connectivity index is 1.84. The molecule has 106 valence electrons. The molecule has 0 aliphatic carbocycles. The first kappa shape index (κ1) is 14.3. The molecule has 19 heavy (non-hydrogen) atoms. The van der Waals surface area contributed by atoms with Gasteiger partial charge >= 0.3 is 0 Å². The van der Waals surface area contributed by atoms with Crippen LogP contribution in [0.25, 0.3) is 0 Å². The van der Waals surface area contributed by atoms with E-state index in [4.69, 9.17) is 9.47 Å². The lowest BCUT2D eigenvalue weighted by molar-refractivity contribution is -0.146. The number of para-hydroxylation sites is 1. The van der Waals surface area contributed by atoms with Gasteiger partial charge in [0.05, 0.1) is 32.3 Å². The average Bonchev–Trinajstić information content (AvgIpc) is 2.41. The first-order chi connectivity index (χ1) is 9.19. The van der Waals surface area contributed by atoms with E-state index in [0.717, 1.165) is 25.3 Å². The van der Waals surface area contributed by atoms with Crippen LogP contribution in [0, 0.1) is 5.41 Å². The third-order valence-corrected chi connectivity index (χ3v) is 3.71. The number of methoxy groups -OCH3 is 1. The molecule has 0 radical (unpaired) electrons. The number of likely N-dealkylation sites (N-methyl/N-ethyl adjacent to an activating group) is 1. The Hall–Kier alpha value is -1.10. The van der Waals surface area contributed by atoms with Crippen LogP contribution in [-0.4, -0.2) is 57.1 Å². The number of benzene rings is 1. The molecule has 0 saturated carbocycles. The maximum absolute atomic E-state index is 9.43. The van der Waals surface area contributed by atoms with E-state index in [9.17, 15) is 5.11 Å². The standard InChI is InChI=1S/C15H23NO3/c1-16(9-15(10-17)11-19-12-15)8-7-13-5-3-4-6-14(13)18-2/h3-6,17H,7-12H2,1-2H3. The first-order valence-electron chi connectivity index (χ1n) is 6.68. The predicted molar refractivity (Wildman–Crippen MR) is 74.5 cm³/mol. The molecule has 0 amide bonds. The molecule has 4 nitrogen and oxygen atoms in total. The summed E-state index contributed by atoms with van der Waals surface area (Å²) in [7, 11) is 3.79. The molecule has 0 aromatic heterocycles. The molecule has 4 heteroatoms. The van der Waals surface area contributed by atoms with Crippen molar-refractivity contribution in [3.05, 3.63) is 29.8 Å². The van der Waals surface area contributed by atoms with E-state index in [-0.39, 0.29) is 12.0 Å². The van der Waals surface area contributed by atoms with Gasteiger partial charge in [0.1, 0.15) is 5.75 Å². The van der Waals surface area contributed by atoms with Gasteiger partial charge in [-0.2, -0.15) is 0 Å². The maximum atomic E-state index is 9.43. The van der Waals surface area contributed by atoms with Crippen molar-refractivity contribution >= 4 is 0 Å². The number of hydrogen-bond donors (Lipinski definition) is 1. The molecule has 1 aliphatic rings. The monoisotopic (exact) mass is 265 g/mol. The molecule has 1 N–H and O–H groups in total.